The Morgan fingerprint density at radius 3 is 2.50 bits per heavy atom. The van der Waals surface area contributed by atoms with E-state index in [9.17, 15) is 18.8 Å². The second-order valence-corrected chi connectivity index (χ2v) is 6.57. The number of hydrogen-bond donors (Lipinski definition) is 2. The monoisotopic (exact) mass is 417 g/mol. The van der Waals surface area contributed by atoms with E-state index >= 15 is 0 Å². The van der Waals surface area contributed by atoms with Crippen LogP contribution in [-0.2, 0) is 4.79 Å². The highest BCUT2D eigenvalue weighted by Crippen LogP contribution is 2.27. The van der Waals surface area contributed by atoms with Crippen molar-refractivity contribution < 1.29 is 18.8 Å². The van der Waals surface area contributed by atoms with E-state index in [4.69, 9.17) is 0 Å². The van der Waals surface area contributed by atoms with Crippen molar-refractivity contribution in [2.75, 3.05) is 13.1 Å². The maximum atomic E-state index is 13.1. The minimum Gasteiger partial charge on any atom is -0.338 e. The smallest absolute Gasteiger partial charge is 0.322 e. The lowest BCUT2D eigenvalue weighted by Crippen LogP contribution is -2.55. The van der Waals surface area contributed by atoms with Gasteiger partial charge in [-0.25, -0.2) is 9.18 Å². The molecule has 8 heteroatoms. The molecule has 2 heterocycles. The molecule has 0 aliphatic carbocycles. The van der Waals surface area contributed by atoms with Gasteiger partial charge < -0.3 is 10.2 Å². The predicted molar refractivity (Wildman–Crippen MR) is 83.7 cm³/mol. The number of nitrogens with one attached hydrogen (secondary N) is 2. The molecule has 22 heavy (non-hydrogen) atoms. The van der Waals surface area contributed by atoms with Crippen LogP contribution in [0.5, 0.6) is 0 Å². The summed E-state index contributed by atoms with van der Waals surface area (Å²) in [6, 6.07) is 3.54. The molecular weight excluding hydrogens is 404 g/mol. The van der Waals surface area contributed by atoms with E-state index in [1.165, 1.54) is 18.2 Å². The molecule has 1 spiro atoms. The SMILES string of the molecule is O=C1NC(=O)C2(CCN(C(=O)c3ccc(F)cc3I)CC2)N1. The number of halogens is 2. The van der Waals surface area contributed by atoms with Gasteiger partial charge in [0.2, 0.25) is 0 Å². The summed E-state index contributed by atoms with van der Waals surface area (Å²) in [5, 5.41) is 4.88. The van der Waals surface area contributed by atoms with Gasteiger partial charge in [-0.3, -0.25) is 14.9 Å². The second kappa shape index (κ2) is 5.49. The lowest BCUT2D eigenvalue weighted by molar-refractivity contribution is -0.125. The van der Waals surface area contributed by atoms with Gasteiger partial charge in [-0.1, -0.05) is 0 Å². The Morgan fingerprint density at radius 1 is 1.27 bits per heavy atom. The highest BCUT2D eigenvalue weighted by atomic mass is 127. The average molecular weight is 417 g/mol. The van der Waals surface area contributed by atoms with Gasteiger partial charge in [0.1, 0.15) is 11.4 Å². The molecule has 4 amide bonds. The van der Waals surface area contributed by atoms with Crippen LogP contribution in [0.15, 0.2) is 18.2 Å². The molecule has 2 aliphatic rings. The summed E-state index contributed by atoms with van der Waals surface area (Å²) in [5.74, 6) is -0.908. The van der Waals surface area contributed by atoms with Gasteiger partial charge >= 0.3 is 6.03 Å². The van der Waals surface area contributed by atoms with Gasteiger partial charge in [-0.2, -0.15) is 0 Å². The number of rotatable bonds is 1. The van der Waals surface area contributed by atoms with E-state index in [0.29, 0.717) is 35.1 Å². The Balaban J connectivity index is 1.72. The maximum absolute atomic E-state index is 13.1. The number of likely N-dealkylation sites (tertiary alicyclic amines) is 1. The Bertz CT molecular complexity index is 671. The van der Waals surface area contributed by atoms with E-state index in [0.717, 1.165) is 0 Å². The predicted octanol–water partition coefficient (Wildman–Crippen LogP) is 1.24. The Morgan fingerprint density at radius 2 is 1.95 bits per heavy atom. The van der Waals surface area contributed by atoms with Gasteiger partial charge in [0.15, 0.2) is 0 Å². The molecule has 0 saturated carbocycles. The number of benzene rings is 1. The zero-order valence-electron chi connectivity index (χ0n) is 11.5. The molecule has 3 rings (SSSR count). The quantitative estimate of drug-likeness (QED) is 0.534. The molecule has 0 bridgehead atoms. The van der Waals surface area contributed by atoms with E-state index in [2.05, 4.69) is 10.6 Å². The summed E-state index contributed by atoms with van der Waals surface area (Å²) in [6.07, 6.45) is 0.738. The third kappa shape index (κ3) is 2.55. The number of nitrogens with zero attached hydrogens (tertiary/aromatic N) is 1. The molecule has 2 aliphatic heterocycles. The number of hydrogen-bond acceptors (Lipinski definition) is 3. The fourth-order valence-corrected chi connectivity index (χ4v) is 3.51. The lowest BCUT2D eigenvalue weighted by Gasteiger charge is -2.37. The summed E-state index contributed by atoms with van der Waals surface area (Å²) in [4.78, 5) is 37.3. The van der Waals surface area contributed by atoms with Crippen LogP contribution in [0.1, 0.15) is 23.2 Å². The number of amides is 4. The highest BCUT2D eigenvalue weighted by molar-refractivity contribution is 14.1. The molecule has 1 aromatic rings. The van der Waals surface area contributed by atoms with Crippen molar-refractivity contribution in [3.63, 3.8) is 0 Å². The number of carbonyl (C=O) groups excluding carboxylic acids is 3. The molecule has 0 unspecified atom stereocenters. The topological polar surface area (TPSA) is 78.5 Å². The summed E-state index contributed by atoms with van der Waals surface area (Å²) in [5.41, 5.74) is -0.457. The lowest BCUT2D eigenvalue weighted by atomic mass is 9.87. The zero-order chi connectivity index (χ0) is 15.9. The van der Waals surface area contributed by atoms with Crippen molar-refractivity contribution in [1.29, 1.82) is 0 Å². The summed E-state index contributed by atoms with van der Waals surface area (Å²) >= 11 is 1.93. The number of carbonyl (C=O) groups is 3. The molecule has 0 radical (unpaired) electrons. The van der Waals surface area contributed by atoms with Crippen molar-refractivity contribution in [3.05, 3.63) is 33.1 Å². The van der Waals surface area contributed by atoms with E-state index in [-0.39, 0.29) is 17.6 Å². The van der Waals surface area contributed by atoms with Gasteiger partial charge in [0.05, 0.1) is 5.56 Å². The fraction of sp³-hybridized carbons (Fsp3) is 0.357. The third-order valence-electron chi connectivity index (χ3n) is 4.08. The first-order chi connectivity index (χ1) is 10.4. The van der Waals surface area contributed by atoms with Crippen LogP contribution in [0, 0.1) is 9.39 Å². The number of imide groups is 1. The molecule has 116 valence electrons. The molecule has 2 fully saturated rings. The first-order valence-corrected chi connectivity index (χ1v) is 7.87. The van der Waals surface area contributed by atoms with E-state index < -0.39 is 11.6 Å². The van der Waals surface area contributed by atoms with Gasteiger partial charge in [-0.15, -0.1) is 0 Å². The first kappa shape index (κ1) is 15.2. The molecule has 1 aromatic carbocycles. The Hall–Kier alpha value is -1.71. The van der Waals surface area contributed by atoms with E-state index in [1.54, 1.807) is 4.90 Å². The highest BCUT2D eigenvalue weighted by Gasteiger charge is 2.48. The number of urea groups is 1. The van der Waals surface area contributed by atoms with Gasteiger partial charge in [0.25, 0.3) is 11.8 Å². The Labute approximate surface area is 139 Å². The third-order valence-corrected chi connectivity index (χ3v) is 4.97. The van der Waals surface area contributed by atoms with Crippen LogP contribution in [-0.4, -0.2) is 41.4 Å². The molecule has 6 nitrogen and oxygen atoms in total. The van der Waals surface area contributed by atoms with Crippen molar-refractivity contribution >= 4 is 40.4 Å². The van der Waals surface area contributed by atoms with Crippen LogP contribution in [0.25, 0.3) is 0 Å². The number of piperidine rings is 1. The van der Waals surface area contributed by atoms with Crippen molar-refractivity contribution in [1.82, 2.24) is 15.5 Å². The van der Waals surface area contributed by atoms with Crippen molar-refractivity contribution in [3.8, 4) is 0 Å². The minimum absolute atomic E-state index is 0.191. The van der Waals surface area contributed by atoms with Crippen LogP contribution >= 0.6 is 22.6 Å². The summed E-state index contributed by atoms with van der Waals surface area (Å²) < 4.78 is 13.7. The van der Waals surface area contributed by atoms with Gasteiger partial charge in [-0.05, 0) is 53.6 Å². The summed E-state index contributed by atoms with van der Waals surface area (Å²) in [6.45, 7) is 0.722. The normalized spacial score (nSPS) is 20.0. The average Bonchev–Trinajstić information content (AvgIpc) is 2.73. The minimum atomic E-state index is -0.899. The largest absolute Gasteiger partial charge is 0.338 e. The van der Waals surface area contributed by atoms with E-state index in [1.807, 2.05) is 22.6 Å². The maximum Gasteiger partial charge on any atom is 0.322 e. The van der Waals surface area contributed by atoms with Crippen LogP contribution in [0.4, 0.5) is 9.18 Å². The first-order valence-electron chi connectivity index (χ1n) is 6.79. The van der Waals surface area contributed by atoms with Crippen LogP contribution < -0.4 is 10.6 Å². The molecule has 2 N–H and O–H groups in total. The van der Waals surface area contributed by atoms with Crippen molar-refractivity contribution in [2.45, 2.75) is 18.4 Å². The van der Waals surface area contributed by atoms with Crippen LogP contribution in [0.2, 0.25) is 0 Å². The van der Waals surface area contributed by atoms with Gasteiger partial charge in [0, 0.05) is 16.7 Å². The summed E-state index contributed by atoms with van der Waals surface area (Å²) in [7, 11) is 0. The fourth-order valence-electron chi connectivity index (χ4n) is 2.80. The second-order valence-electron chi connectivity index (χ2n) is 5.41. The molecule has 0 atom stereocenters. The van der Waals surface area contributed by atoms with Crippen LogP contribution in [0.3, 0.4) is 0 Å². The molecule has 0 aromatic heterocycles. The molecular formula is C14H13FIN3O3. The Kier molecular flexibility index (Phi) is 3.79. The zero-order valence-corrected chi connectivity index (χ0v) is 13.6. The van der Waals surface area contributed by atoms with Crippen molar-refractivity contribution in [2.24, 2.45) is 0 Å². The molecule has 2 saturated heterocycles. The standard InChI is InChI=1S/C14H13FIN3O3/c15-8-1-2-9(10(16)7-8)11(20)19-5-3-14(4-6-19)12(21)17-13(22)18-14/h1-2,7H,3-6H2,(H2,17,18,21,22).